The van der Waals surface area contributed by atoms with Gasteiger partial charge in [-0.2, -0.15) is 0 Å². The molecule has 1 fully saturated rings. The molecule has 1 aromatic carbocycles. The summed E-state index contributed by atoms with van der Waals surface area (Å²) < 4.78 is 19.2. The van der Waals surface area contributed by atoms with Crippen LogP contribution in [0.2, 0.25) is 0 Å². The molecule has 1 aromatic heterocycles. The van der Waals surface area contributed by atoms with E-state index >= 15 is 0 Å². The number of hydrogen-bond donors (Lipinski definition) is 3. The third-order valence-corrected chi connectivity index (χ3v) is 4.17. The van der Waals surface area contributed by atoms with Gasteiger partial charge in [-0.3, -0.25) is 15.6 Å². The smallest absolute Gasteiger partial charge is 0.305 e. The average Bonchev–Trinajstić information content (AvgIpc) is 3.25. The lowest BCUT2D eigenvalue weighted by atomic mass is 10.1. The number of benzene rings is 1. The van der Waals surface area contributed by atoms with Crippen LogP contribution in [0.15, 0.2) is 40.8 Å². The number of thiocarbonyl (C=S) groups is 1. The molecule has 0 spiro atoms. The summed E-state index contributed by atoms with van der Waals surface area (Å²) in [5, 5.41) is 3.52. The molecule has 7 heteroatoms. The largest absolute Gasteiger partial charge is 0.451 e. The van der Waals surface area contributed by atoms with Gasteiger partial charge < -0.3 is 9.73 Å². The van der Waals surface area contributed by atoms with Crippen molar-refractivity contribution < 1.29 is 13.6 Å². The Hall–Kier alpha value is -2.41. The highest BCUT2D eigenvalue weighted by molar-refractivity contribution is 7.80. The molecule has 3 rings (SSSR count). The van der Waals surface area contributed by atoms with Crippen molar-refractivity contribution >= 4 is 23.2 Å². The van der Waals surface area contributed by atoms with E-state index in [1.165, 1.54) is 25.0 Å². The van der Waals surface area contributed by atoms with Crippen molar-refractivity contribution in [1.82, 2.24) is 16.2 Å². The van der Waals surface area contributed by atoms with Gasteiger partial charge in [0.1, 0.15) is 11.6 Å². The van der Waals surface area contributed by atoms with Crippen LogP contribution < -0.4 is 16.2 Å². The fourth-order valence-corrected chi connectivity index (χ4v) is 2.95. The second-order valence-electron chi connectivity index (χ2n) is 5.68. The quantitative estimate of drug-likeness (QED) is 0.588. The minimum absolute atomic E-state index is 0.0735. The van der Waals surface area contributed by atoms with Crippen molar-refractivity contribution in [3.05, 3.63) is 48.0 Å². The number of carbonyl (C=O) groups is 1. The molecule has 1 heterocycles. The van der Waals surface area contributed by atoms with Crippen molar-refractivity contribution in [1.29, 1.82) is 0 Å². The lowest BCUT2D eigenvalue weighted by Crippen LogP contribution is -2.49. The number of rotatable bonds is 3. The topological polar surface area (TPSA) is 66.3 Å². The van der Waals surface area contributed by atoms with Crippen LogP contribution >= 0.6 is 12.2 Å². The van der Waals surface area contributed by atoms with Gasteiger partial charge >= 0.3 is 5.91 Å². The van der Waals surface area contributed by atoms with Crippen LogP contribution in [0.1, 0.15) is 36.2 Å². The zero-order chi connectivity index (χ0) is 16.9. The summed E-state index contributed by atoms with van der Waals surface area (Å²) in [7, 11) is 0. The zero-order valence-electron chi connectivity index (χ0n) is 13.0. The molecule has 0 aliphatic heterocycles. The van der Waals surface area contributed by atoms with Crippen molar-refractivity contribution in [3.8, 4) is 11.3 Å². The van der Waals surface area contributed by atoms with Crippen LogP contribution in [-0.4, -0.2) is 17.1 Å². The second-order valence-corrected chi connectivity index (χ2v) is 6.09. The molecule has 1 saturated carbocycles. The molecule has 3 N–H and O–H groups in total. The van der Waals surface area contributed by atoms with E-state index < -0.39 is 11.7 Å². The first-order valence-electron chi connectivity index (χ1n) is 7.85. The molecule has 126 valence electrons. The SMILES string of the molecule is O=C(NNC(=S)NC1CCCC1)c1ccc(-c2ccccc2F)o1. The highest BCUT2D eigenvalue weighted by atomic mass is 32.1. The summed E-state index contributed by atoms with van der Waals surface area (Å²) in [6.45, 7) is 0. The van der Waals surface area contributed by atoms with Gasteiger partial charge in [0, 0.05) is 6.04 Å². The van der Waals surface area contributed by atoms with Crippen molar-refractivity contribution in [3.63, 3.8) is 0 Å². The first-order valence-corrected chi connectivity index (χ1v) is 8.26. The maximum atomic E-state index is 13.7. The van der Waals surface area contributed by atoms with Gasteiger partial charge in [0.25, 0.3) is 0 Å². The van der Waals surface area contributed by atoms with E-state index in [-0.39, 0.29) is 5.76 Å². The van der Waals surface area contributed by atoms with Crippen molar-refractivity contribution in [2.75, 3.05) is 0 Å². The zero-order valence-corrected chi connectivity index (χ0v) is 13.8. The fraction of sp³-hybridized carbons (Fsp3) is 0.294. The maximum Gasteiger partial charge on any atom is 0.305 e. The van der Waals surface area contributed by atoms with Crippen LogP contribution in [0.4, 0.5) is 4.39 Å². The van der Waals surface area contributed by atoms with Gasteiger partial charge in [-0.05, 0) is 49.3 Å². The van der Waals surface area contributed by atoms with E-state index in [9.17, 15) is 9.18 Å². The molecule has 2 aromatic rings. The molecule has 1 aliphatic carbocycles. The Morgan fingerprint density at radius 1 is 1.12 bits per heavy atom. The molecule has 0 atom stereocenters. The van der Waals surface area contributed by atoms with Crippen LogP contribution in [0.5, 0.6) is 0 Å². The monoisotopic (exact) mass is 347 g/mol. The number of amides is 1. The summed E-state index contributed by atoms with van der Waals surface area (Å²) >= 11 is 5.14. The van der Waals surface area contributed by atoms with Gasteiger partial charge in [0.2, 0.25) is 0 Å². The van der Waals surface area contributed by atoms with Crippen LogP contribution in [0.3, 0.4) is 0 Å². The maximum absolute atomic E-state index is 13.7. The Morgan fingerprint density at radius 2 is 1.88 bits per heavy atom. The predicted octanol–water partition coefficient (Wildman–Crippen LogP) is 3.14. The van der Waals surface area contributed by atoms with Crippen LogP contribution in [0, 0.1) is 5.82 Å². The molecule has 1 amide bonds. The highest BCUT2D eigenvalue weighted by Crippen LogP contribution is 2.24. The Balaban J connectivity index is 1.56. The highest BCUT2D eigenvalue weighted by Gasteiger charge is 2.17. The second kappa shape index (κ2) is 7.44. The predicted molar refractivity (Wildman–Crippen MR) is 92.7 cm³/mol. The number of hydrogen-bond acceptors (Lipinski definition) is 3. The van der Waals surface area contributed by atoms with Crippen LogP contribution in [-0.2, 0) is 0 Å². The minimum atomic E-state index is -0.479. The fourth-order valence-electron chi connectivity index (χ4n) is 2.73. The lowest BCUT2D eigenvalue weighted by molar-refractivity contribution is 0.0916. The van der Waals surface area contributed by atoms with Crippen LogP contribution in [0.25, 0.3) is 11.3 Å². The van der Waals surface area contributed by atoms with E-state index in [0.717, 1.165) is 12.8 Å². The number of carbonyl (C=O) groups excluding carboxylic acids is 1. The van der Waals surface area contributed by atoms with Gasteiger partial charge in [0.15, 0.2) is 10.9 Å². The standard InChI is InChI=1S/C17H18FN3O2S/c18-13-8-4-3-7-12(13)14-9-10-15(23-14)16(22)20-21-17(24)19-11-5-1-2-6-11/h3-4,7-11H,1-2,5-6H2,(H,20,22)(H2,19,21,24). The number of nitrogens with one attached hydrogen (secondary N) is 3. The third kappa shape index (κ3) is 3.91. The first kappa shape index (κ1) is 16.4. The molecule has 1 aliphatic rings. The normalized spacial score (nSPS) is 14.4. The van der Waals surface area contributed by atoms with Crippen molar-refractivity contribution in [2.24, 2.45) is 0 Å². The Kier molecular flexibility index (Phi) is 5.10. The Labute approximate surface area is 144 Å². The lowest BCUT2D eigenvalue weighted by Gasteiger charge is -2.15. The van der Waals surface area contributed by atoms with Gasteiger partial charge in [-0.25, -0.2) is 4.39 Å². The molecule has 0 bridgehead atoms. The van der Waals surface area contributed by atoms with E-state index in [2.05, 4.69) is 16.2 Å². The van der Waals surface area contributed by atoms with Gasteiger partial charge in [-0.1, -0.05) is 25.0 Å². The molecule has 0 radical (unpaired) electrons. The van der Waals surface area contributed by atoms with E-state index in [1.54, 1.807) is 24.3 Å². The van der Waals surface area contributed by atoms with E-state index in [1.807, 2.05) is 0 Å². The summed E-state index contributed by atoms with van der Waals surface area (Å²) in [4.78, 5) is 12.1. The number of hydrazine groups is 1. The molecule has 0 unspecified atom stereocenters. The van der Waals surface area contributed by atoms with Crippen molar-refractivity contribution in [2.45, 2.75) is 31.7 Å². The third-order valence-electron chi connectivity index (χ3n) is 3.95. The Bertz CT molecular complexity index is 741. The first-order chi connectivity index (χ1) is 11.6. The summed E-state index contributed by atoms with van der Waals surface area (Å²) in [5.41, 5.74) is 5.44. The van der Waals surface area contributed by atoms with Gasteiger partial charge in [0.05, 0.1) is 5.56 Å². The minimum Gasteiger partial charge on any atom is -0.451 e. The van der Waals surface area contributed by atoms with Gasteiger partial charge in [-0.15, -0.1) is 0 Å². The summed E-state index contributed by atoms with van der Waals surface area (Å²) in [6, 6.07) is 9.64. The molecule has 5 nitrogen and oxygen atoms in total. The molecule has 0 saturated heterocycles. The van der Waals surface area contributed by atoms with E-state index in [0.29, 0.717) is 22.5 Å². The molecule has 24 heavy (non-hydrogen) atoms. The Morgan fingerprint density at radius 3 is 2.62 bits per heavy atom. The summed E-state index contributed by atoms with van der Waals surface area (Å²) in [5.74, 6) is -0.513. The average molecular weight is 347 g/mol. The molecular weight excluding hydrogens is 329 g/mol. The number of halogens is 1. The van der Waals surface area contributed by atoms with E-state index in [4.69, 9.17) is 16.6 Å². The molecular formula is C17H18FN3O2S. The summed E-state index contributed by atoms with van der Waals surface area (Å²) in [6.07, 6.45) is 4.55. The number of furan rings is 1.